The maximum absolute atomic E-state index is 11.1. The Morgan fingerprint density at radius 2 is 1.89 bits per heavy atom. The number of carbonyl (C=O) groups is 1. The molecule has 0 spiro atoms. The number of rotatable bonds is 4. The Hall–Kier alpha value is -2.07. The third kappa shape index (κ3) is 2.69. The smallest absolute Gasteiger partial charge is 0.234 e. The van der Waals surface area contributed by atoms with E-state index in [2.05, 4.69) is 5.32 Å². The van der Waals surface area contributed by atoms with E-state index in [-0.39, 0.29) is 11.8 Å². The molecule has 0 aromatic heterocycles. The zero-order chi connectivity index (χ0) is 14.0. The van der Waals surface area contributed by atoms with Gasteiger partial charge in [0.15, 0.2) is 0 Å². The molecule has 2 rings (SSSR count). The van der Waals surface area contributed by atoms with E-state index in [9.17, 15) is 9.90 Å². The van der Waals surface area contributed by atoms with Gasteiger partial charge in [0.1, 0.15) is 5.75 Å². The molecule has 4 N–H and O–H groups in total. The van der Waals surface area contributed by atoms with E-state index in [0.717, 1.165) is 16.3 Å². The zero-order valence-electron chi connectivity index (χ0n) is 11.1. The number of phenolic OH excluding ortho intramolecular Hbond substituents is 1. The Balaban J connectivity index is 2.35. The summed E-state index contributed by atoms with van der Waals surface area (Å²) in [6.45, 7) is 3.60. The topological polar surface area (TPSA) is 75.3 Å². The molecule has 0 radical (unpaired) electrons. The van der Waals surface area contributed by atoms with Gasteiger partial charge in [0, 0.05) is 17.0 Å². The number of hydrogen-bond donors (Lipinski definition) is 3. The summed E-state index contributed by atoms with van der Waals surface area (Å²) in [5.74, 6) is -0.165. The van der Waals surface area contributed by atoms with E-state index in [1.54, 1.807) is 6.92 Å². The largest absolute Gasteiger partial charge is 0.507 e. The molecular weight excluding hydrogens is 240 g/mol. The molecule has 0 fully saturated rings. The van der Waals surface area contributed by atoms with Crippen molar-refractivity contribution in [1.29, 1.82) is 0 Å². The SMILES string of the molecule is CC(NC(C)c1ccc2ccccc2c1O)C(N)=O. The summed E-state index contributed by atoms with van der Waals surface area (Å²) < 4.78 is 0. The van der Waals surface area contributed by atoms with Crippen LogP contribution >= 0.6 is 0 Å². The van der Waals surface area contributed by atoms with Gasteiger partial charge in [0.2, 0.25) is 5.91 Å². The number of nitrogens with one attached hydrogen (secondary N) is 1. The maximum Gasteiger partial charge on any atom is 0.234 e. The van der Waals surface area contributed by atoms with Crippen LogP contribution in [0, 0.1) is 0 Å². The molecule has 0 bridgehead atoms. The predicted molar refractivity (Wildman–Crippen MR) is 75.8 cm³/mol. The Labute approximate surface area is 112 Å². The van der Waals surface area contributed by atoms with Gasteiger partial charge in [-0.05, 0) is 19.2 Å². The Morgan fingerprint density at radius 3 is 2.58 bits per heavy atom. The van der Waals surface area contributed by atoms with Crippen LogP contribution in [-0.2, 0) is 4.79 Å². The van der Waals surface area contributed by atoms with Gasteiger partial charge in [0.05, 0.1) is 6.04 Å². The Kier molecular flexibility index (Phi) is 3.71. The number of phenols is 1. The third-order valence-corrected chi connectivity index (χ3v) is 3.33. The number of carbonyl (C=O) groups excluding carboxylic acids is 1. The second kappa shape index (κ2) is 5.28. The fourth-order valence-electron chi connectivity index (χ4n) is 2.17. The maximum atomic E-state index is 11.1. The van der Waals surface area contributed by atoms with Crippen molar-refractivity contribution >= 4 is 16.7 Å². The van der Waals surface area contributed by atoms with Gasteiger partial charge in [-0.25, -0.2) is 0 Å². The molecule has 0 saturated heterocycles. The molecule has 0 aliphatic heterocycles. The molecule has 2 aromatic rings. The van der Waals surface area contributed by atoms with E-state index in [4.69, 9.17) is 5.73 Å². The minimum absolute atomic E-state index is 0.160. The minimum atomic E-state index is -0.444. The van der Waals surface area contributed by atoms with Crippen LogP contribution in [-0.4, -0.2) is 17.1 Å². The van der Waals surface area contributed by atoms with E-state index >= 15 is 0 Å². The van der Waals surface area contributed by atoms with E-state index in [1.165, 1.54) is 0 Å². The summed E-state index contributed by atoms with van der Waals surface area (Å²) in [5, 5.41) is 15.2. The number of benzene rings is 2. The quantitative estimate of drug-likeness (QED) is 0.785. The fourth-order valence-corrected chi connectivity index (χ4v) is 2.17. The van der Waals surface area contributed by atoms with E-state index < -0.39 is 11.9 Å². The van der Waals surface area contributed by atoms with E-state index in [1.807, 2.05) is 43.3 Å². The van der Waals surface area contributed by atoms with Gasteiger partial charge < -0.3 is 10.8 Å². The first-order valence-electron chi connectivity index (χ1n) is 6.26. The average molecular weight is 258 g/mol. The highest BCUT2D eigenvalue weighted by Crippen LogP contribution is 2.32. The summed E-state index contributed by atoms with van der Waals surface area (Å²) in [6.07, 6.45) is 0. The number of hydrogen-bond acceptors (Lipinski definition) is 3. The summed E-state index contributed by atoms with van der Waals surface area (Å²) in [7, 11) is 0. The lowest BCUT2D eigenvalue weighted by Crippen LogP contribution is -2.40. The van der Waals surface area contributed by atoms with Crippen molar-refractivity contribution in [2.45, 2.75) is 25.9 Å². The van der Waals surface area contributed by atoms with Crippen molar-refractivity contribution in [3.8, 4) is 5.75 Å². The van der Waals surface area contributed by atoms with Crippen molar-refractivity contribution in [2.75, 3.05) is 0 Å². The number of fused-ring (bicyclic) bond motifs is 1. The van der Waals surface area contributed by atoms with Crippen LogP contribution in [0.3, 0.4) is 0 Å². The van der Waals surface area contributed by atoms with Crippen LogP contribution in [0.25, 0.3) is 10.8 Å². The highest BCUT2D eigenvalue weighted by molar-refractivity contribution is 5.89. The van der Waals surface area contributed by atoms with Crippen molar-refractivity contribution in [3.63, 3.8) is 0 Å². The summed E-state index contributed by atoms with van der Waals surface area (Å²) >= 11 is 0. The summed E-state index contributed by atoms with van der Waals surface area (Å²) in [4.78, 5) is 11.1. The second-order valence-electron chi connectivity index (χ2n) is 4.74. The first-order chi connectivity index (χ1) is 9.00. The first kappa shape index (κ1) is 13.4. The number of primary amides is 1. The van der Waals surface area contributed by atoms with Gasteiger partial charge in [-0.15, -0.1) is 0 Å². The van der Waals surface area contributed by atoms with Gasteiger partial charge in [-0.3, -0.25) is 10.1 Å². The number of nitrogens with two attached hydrogens (primary N) is 1. The highest BCUT2D eigenvalue weighted by atomic mass is 16.3. The molecular formula is C15H18N2O2. The van der Waals surface area contributed by atoms with Crippen molar-refractivity contribution in [2.24, 2.45) is 5.73 Å². The van der Waals surface area contributed by atoms with E-state index in [0.29, 0.717) is 0 Å². The lowest BCUT2D eigenvalue weighted by molar-refractivity contribution is -0.119. The first-order valence-corrected chi connectivity index (χ1v) is 6.26. The number of amides is 1. The number of aromatic hydroxyl groups is 1. The third-order valence-electron chi connectivity index (χ3n) is 3.33. The van der Waals surface area contributed by atoms with Gasteiger partial charge in [0.25, 0.3) is 0 Å². The van der Waals surface area contributed by atoms with Crippen LogP contribution < -0.4 is 11.1 Å². The molecule has 0 aliphatic rings. The van der Waals surface area contributed by atoms with Gasteiger partial charge >= 0.3 is 0 Å². The van der Waals surface area contributed by atoms with Crippen LogP contribution in [0.5, 0.6) is 5.75 Å². The van der Waals surface area contributed by atoms with Crippen molar-refractivity contribution in [1.82, 2.24) is 5.32 Å². The molecule has 4 heteroatoms. The molecule has 2 aromatic carbocycles. The monoisotopic (exact) mass is 258 g/mol. The minimum Gasteiger partial charge on any atom is -0.507 e. The van der Waals surface area contributed by atoms with Crippen LogP contribution in [0.4, 0.5) is 0 Å². The molecule has 0 heterocycles. The molecule has 19 heavy (non-hydrogen) atoms. The normalized spacial score (nSPS) is 14.2. The summed E-state index contributed by atoms with van der Waals surface area (Å²) in [6, 6.07) is 10.9. The van der Waals surface area contributed by atoms with Crippen molar-refractivity contribution in [3.05, 3.63) is 42.0 Å². The average Bonchev–Trinajstić information content (AvgIpc) is 2.39. The van der Waals surface area contributed by atoms with Crippen LogP contribution in [0.1, 0.15) is 25.5 Å². The standard InChI is InChI=1S/C15H18N2O2/c1-9(17-10(2)15(16)19)12-8-7-11-5-3-4-6-13(11)14(12)18/h3-10,17-18H,1-2H3,(H2,16,19). The molecule has 2 atom stereocenters. The lowest BCUT2D eigenvalue weighted by atomic mass is 10.0. The molecule has 100 valence electrons. The van der Waals surface area contributed by atoms with Crippen LogP contribution in [0.2, 0.25) is 0 Å². The Bertz CT molecular complexity index is 610. The van der Waals surface area contributed by atoms with Crippen LogP contribution in [0.15, 0.2) is 36.4 Å². The Morgan fingerprint density at radius 1 is 1.21 bits per heavy atom. The lowest BCUT2D eigenvalue weighted by Gasteiger charge is -2.19. The molecule has 1 amide bonds. The molecule has 2 unspecified atom stereocenters. The predicted octanol–water partition coefficient (Wildman–Crippen LogP) is 2.07. The highest BCUT2D eigenvalue weighted by Gasteiger charge is 2.17. The van der Waals surface area contributed by atoms with Crippen molar-refractivity contribution < 1.29 is 9.90 Å². The molecule has 4 nitrogen and oxygen atoms in total. The molecule has 0 aliphatic carbocycles. The summed E-state index contributed by atoms with van der Waals surface area (Å²) in [5.41, 5.74) is 5.98. The molecule has 0 saturated carbocycles. The van der Waals surface area contributed by atoms with Gasteiger partial charge in [-0.2, -0.15) is 0 Å². The zero-order valence-corrected chi connectivity index (χ0v) is 11.1. The second-order valence-corrected chi connectivity index (χ2v) is 4.74. The fraction of sp³-hybridized carbons (Fsp3) is 0.267. The van der Waals surface area contributed by atoms with Gasteiger partial charge in [-0.1, -0.05) is 36.4 Å².